The first-order valence-electron chi connectivity index (χ1n) is 6.96. The molecule has 1 saturated carbocycles. The van der Waals surface area contributed by atoms with Gasteiger partial charge in [-0.3, -0.25) is 0 Å². The van der Waals surface area contributed by atoms with E-state index in [9.17, 15) is 5.11 Å². The molecule has 1 aliphatic heterocycles. The molecule has 1 aliphatic carbocycles. The monoisotopic (exact) mass is 241 g/mol. The van der Waals surface area contributed by atoms with Crippen LogP contribution >= 0.6 is 0 Å². The average Bonchev–Trinajstić information content (AvgIpc) is 2.57. The Morgan fingerprint density at radius 1 is 1.24 bits per heavy atom. The summed E-state index contributed by atoms with van der Waals surface area (Å²) in [5.41, 5.74) is 0.121. The average molecular weight is 241 g/mol. The highest BCUT2D eigenvalue weighted by Crippen LogP contribution is 2.41. The van der Waals surface area contributed by atoms with Gasteiger partial charge < -0.3 is 14.7 Å². The second-order valence-electron chi connectivity index (χ2n) is 6.47. The fourth-order valence-corrected chi connectivity index (χ4v) is 3.35. The molecule has 3 nitrogen and oxygen atoms in total. The van der Waals surface area contributed by atoms with Gasteiger partial charge in [0.2, 0.25) is 0 Å². The summed E-state index contributed by atoms with van der Waals surface area (Å²) < 4.78 is 5.39. The van der Waals surface area contributed by atoms with Crippen LogP contribution in [0.1, 0.15) is 39.5 Å². The van der Waals surface area contributed by atoms with Crippen molar-refractivity contribution in [1.29, 1.82) is 0 Å². The molecule has 2 atom stereocenters. The van der Waals surface area contributed by atoms with E-state index in [1.54, 1.807) is 0 Å². The Hall–Kier alpha value is -0.120. The molecule has 17 heavy (non-hydrogen) atoms. The zero-order valence-electron chi connectivity index (χ0n) is 11.5. The van der Waals surface area contributed by atoms with Crippen LogP contribution in [0.15, 0.2) is 0 Å². The molecule has 0 aromatic carbocycles. The summed E-state index contributed by atoms with van der Waals surface area (Å²) in [4.78, 5) is 2.50. The predicted octanol–water partition coefficient (Wildman–Crippen LogP) is 1.89. The maximum absolute atomic E-state index is 10.3. The maximum atomic E-state index is 10.3. The zero-order chi connectivity index (χ0) is 12.5. The molecule has 0 bridgehead atoms. The first kappa shape index (κ1) is 13.3. The summed E-state index contributed by atoms with van der Waals surface area (Å²) in [6.07, 6.45) is 4.95. The van der Waals surface area contributed by atoms with E-state index >= 15 is 0 Å². The van der Waals surface area contributed by atoms with Gasteiger partial charge in [0.05, 0.1) is 12.2 Å². The number of likely N-dealkylation sites (tertiary alicyclic amines) is 1. The van der Waals surface area contributed by atoms with E-state index in [1.807, 2.05) is 7.11 Å². The molecule has 2 fully saturated rings. The number of nitrogens with zero attached hydrogens (tertiary/aromatic N) is 1. The summed E-state index contributed by atoms with van der Waals surface area (Å²) in [6, 6.07) is 0. The maximum Gasteiger partial charge on any atom is 0.0631 e. The Morgan fingerprint density at radius 2 is 1.88 bits per heavy atom. The Morgan fingerprint density at radius 3 is 2.35 bits per heavy atom. The van der Waals surface area contributed by atoms with Crippen LogP contribution in [0.4, 0.5) is 0 Å². The summed E-state index contributed by atoms with van der Waals surface area (Å²) in [7, 11) is 1.81. The minimum absolute atomic E-state index is 0.121. The van der Waals surface area contributed by atoms with Crippen LogP contribution in [-0.4, -0.2) is 49.0 Å². The van der Waals surface area contributed by atoms with Crippen molar-refractivity contribution in [2.24, 2.45) is 11.3 Å². The van der Waals surface area contributed by atoms with E-state index in [2.05, 4.69) is 18.7 Å². The molecule has 0 radical (unpaired) electrons. The lowest BCUT2D eigenvalue weighted by Gasteiger charge is -2.34. The van der Waals surface area contributed by atoms with Gasteiger partial charge in [-0.2, -0.15) is 0 Å². The van der Waals surface area contributed by atoms with E-state index < -0.39 is 0 Å². The minimum Gasteiger partial charge on any atom is -0.392 e. The molecule has 2 rings (SSSR count). The molecule has 3 heteroatoms. The smallest absolute Gasteiger partial charge is 0.0631 e. The molecule has 2 aliphatic rings. The molecule has 2 unspecified atom stereocenters. The van der Waals surface area contributed by atoms with Crippen LogP contribution in [0, 0.1) is 11.3 Å². The van der Waals surface area contributed by atoms with E-state index in [0.29, 0.717) is 12.0 Å². The van der Waals surface area contributed by atoms with Gasteiger partial charge in [-0.25, -0.2) is 0 Å². The van der Waals surface area contributed by atoms with Crippen molar-refractivity contribution < 1.29 is 9.84 Å². The van der Waals surface area contributed by atoms with Gasteiger partial charge in [-0.05, 0) is 37.0 Å². The largest absolute Gasteiger partial charge is 0.392 e. The van der Waals surface area contributed by atoms with Gasteiger partial charge >= 0.3 is 0 Å². The molecule has 0 spiro atoms. The fourth-order valence-electron chi connectivity index (χ4n) is 3.35. The van der Waals surface area contributed by atoms with E-state index in [1.165, 1.54) is 6.42 Å². The zero-order valence-corrected chi connectivity index (χ0v) is 11.5. The van der Waals surface area contributed by atoms with Crippen LogP contribution in [0.2, 0.25) is 0 Å². The molecular weight excluding hydrogens is 214 g/mol. The number of aliphatic hydroxyl groups excluding tert-OH is 1. The van der Waals surface area contributed by atoms with Crippen LogP contribution in [0.3, 0.4) is 0 Å². The predicted molar refractivity (Wildman–Crippen MR) is 69.0 cm³/mol. The van der Waals surface area contributed by atoms with Gasteiger partial charge in [0, 0.05) is 26.7 Å². The van der Waals surface area contributed by atoms with Crippen molar-refractivity contribution in [2.75, 3.05) is 26.7 Å². The van der Waals surface area contributed by atoms with Crippen molar-refractivity contribution in [1.82, 2.24) is 4.90 Å². The third-order valence-electron chi connectivity index (χ3n) is 4.77. The second kappa shape index (κ2) is 5.25. The van der Waals surface area contributed by atoms with Crippen molar-refractivity contribution in [2.45, 2.75) is 51.7 Å². The Labute approximate surface area is 105 Å². The molecule has 0 amide bonds. The summed E-state index contributed by atoms with van der Waals surface area (Å²) in [5.74, 6) is 0.476. The lowest BCUT2D eigenvalue weighted by Crippen LogP contribution is -2.42. The number of piperidine rings is 1. The van der Waals surface area contributed by atoms with Crippen molar-refractivity contribution in [3.05, 3.63) is 0 Å². The van der Waals surface area contributed by atoms with E-state index in [4.69, 9.17) is 4.74 Å². The van der Waals surface area contributed by atoms with Crippen molar-refractivity contribution >= 4 is 0 Å². The molecule has 1 N–H and O–H groups in total. The fraction of sp³-hybridized carbons (Fsp3) is 1.00. The van der Waals surface area contributed by atoms with Gasteiger partial charge in [0.15, 0.2) is 0 Å². The first-order valence-corrected chi connectivity index (χ1v) is 6.96. The number of hydrogen-bond acceptors (Lipinski definition) is 3. The van der Waals surface area contributed by atoms with Crippen molar-refractivity contribution in [3.8, 4) is 0 Å². The number of methoxy groups -OCH3 is 1. The normalized spacial score (nSPS) is 35.3. The van der Waals surface area contributed by atoms with Gasteiger partial charge in [0.25, 0.3) is 0 Å². The highest BCUT2D eigenvalue weighted by Gasteiger charge is 2.41. The topological polar surface area (TPSA) is 32.7 Å². The van der Waals surface area contributed by atoms with Gasteiger partial charge in [0.1, 0.15) is 0 Å². The number of ether oxygens (including phenoxy) is 1. The molecule has 1 saturated heterocycles. The van der Waals surface area contributed by atoms with Gasteiger partial charge in [-0.15, -0.1) is 0 Å². The Kier molecular flexibility index (Phi) is 4.11. The van der Waals surface area contributed by atoms with Crippen molar-refractivity contribution in [3.63, 3.8) is 0 Å². The summed E-state index contributed by atoms with van der Waals surface area (Å²) in [5, 5.41) is 10.3. The number of hydrogen-bond donors (Lipinski definition) is 1. The lowest BCUT2D eigenvalue weighted by molar-refractivity contribution is 0.00960. The minimum atomic E-state index is -0.123. The van der Waals surface area contributed by atoms with Crippen LogP contribution < -0.4 is 0 Å². The first-order chi connectivity index (χ1) is 8.03. The third kappa shape index (κ3) is 3.01. The second-order valence-corrected chi connectivity index (χ2v) is 6.47. The highest BCUT2D eigenvalue weighted by atomic mass is 16.5. The molecule has 1 heterocycles. The summed E-state index contributed by atoms with van der Waals surface area (Å²) >= 11 is 0. The summed E-state index contributed by atoms with van der Waals surface area (Å²) in [6.45, 7) is 7.70. The molecule has 100 valence electrons. The van der Waals surface area contributed by atoms with E-state index in [-0.39, 0.29) is 11.5 Å². The lowest BCUT2D eigenvalue weighted by atomic mass is 9.87. The highest BCUT2D eigenvalue weighted by molar-refractivity contribution is 4.92. The van der Waals surface area contributed by atoms with Crippen LogP contribution in [0.5, 0.6) is 0 Å². The quantitative estimate of drug-likeness (QED) is 0.819. The third-order valence-corrected chi connectivity index (χ3v) is 4.77. The standard InChI is InChI=1S/C14H27NO2/c1-14(2)7-4-11(13(14)16)10-15-8-5-12(17-3)6-9-15/h11-13,16H,4-10H2,1-3H3. The van der Waals surface area contributed by atoms with E-state index in [0.717, 1.165) is 38.9 Å². The molecular formula is C14H27NO2. The molecule has 0 aromatic heterocycles. The Balaban J connectivity index is 1.79. The number of aliphatic hydroxyl groups is 1. The van der Waals surface area contributed by atoms with Gasteiger partial charge in [-0.1, -0.05) is 13.8 Å². The Bertz CT molecular complexity index is 247. The van der Waals surface area contributed by atoms with Crippen LogP contribution in [-0.2, 0) is 4.74 Å². The SMILES string of the molecule is COC1CCN(CC2CCC(C)(C)C2O)CC1. The van der Waals surface area contributed by atoms with Crippen LogP contribution in [0.25, 0.3) is 0 Å². The number of rotatable bonds is 3. The molecule has 0 aromatic rings.